The third kappa shape index (κ3) is 4.43. The van der Waals surface area contributed by atoms with Gasteiger partial charge in [0.1, 0.15) is 16.9 Å². The average Bonchev–Trinajstić information content (AvgIpc) is 3.21. The lowest BCUT2D eigenvalue weighted by Gasteiger charge is -2.26. The first-order chi connectivity index (χ1) is 15.6. The molecule has 1 N–H and O–H groups in total. The van der Waals surface area contributed by atoms with Crippen molar-refractivity contribution < 1.29 is 19.1 Å². The number of hydrogen-bond acceptors (Lipinski definition) is 5. The summed E-state index contributed by atoms with van der Waals surface area (Å²) in [4.78, 5) is 27.4. The van der Waals surface area contributed by atoms with Crippen LogP contribution in [0.3, 0.4) is 0 Å². The van der Waals surface area contributed by atoms with Gasteiger partial charge in [0.05, 0.1) is 30.7 Å². The summed E-state index contributed by atoms with van der Waals surface area (Å²) in [6.45, 7) is 2.43. The van der Waals surface area contributed by atoms with Gasteiger partial charge >= 0.3 is 0 Å². The molecule has 0 aliphatic carbocycles. The van der Waals surface area contributed by atoms with Gasteiger partial charge in [-0.1, -0.05) is 36.4 Å². The summed E-state index contributed by atoms with van der Waals surface area (Å²) in [5.41, 5.74) is 2.78. The molecule has 0 bridgehead atoms. The number of carbonyl (C=O) groups excluding carboxylic acids is 2. The van der Waals surface area contributed by atoms with E-state index in [4.69, 9.17) is 9.47 Å². The van der Waals surface area contributed by atoms with Crippen molar-refractivity contribution >= 4 is 35.0 Å². The first-order valence-corrected chi connectivity index (χ1v) is 11.4. The van der Waals surface area contributed by atoms with Gasteiger partial charge in [-0.15, -0.1) is 11.8 Å². The topological polar surface area (TPSA) is 67.9 Å². The van der Waals surface area contributed by atoms with Crippen LogP contribution in [0.15, 0.2) is 72.8 Å². The summed E-state index contributed by atoms with van der Waals surface area (Å²) in [6.07, 6.45) is 0. The Kier molecular flexibility index (Phi) is 6.66. The number of nitrogens with one attached hydrogen (secondary N) is 1. The van der Waals surface area contributed by atoms with Gasteiger partial charge < -0.3 is 14.8 Å². The highest BCUT2D eigenvalue weighted by Crippen LogP contribution is 2.45. The number of thioether (sulfide) groups is 1. The number of para-hydroxylation sites is 3. The minimum atomic E-state index is -0.256. The van der Waals surface area contributed by atoms with Crippen LogP contribution in [0, 0.1) is 0 Å². The molecule has 3 aromatic rings. The molecule has 1 unspecified atom stereocenters. The Morgan fingerprint density at radius 1 is 1.06 bits per heavy atom. The average molecular weight is 449 g/mol. The van der Waals surface area contributed by atoms with Crippen molar-refractivity contribution in [3.8, 4) is 11.5 Å². The summed E-state index contributed by atoms with van der Waals surface area (Å²) in [7, 11) is 1.54. The van der Waals surface area contributed by atoms with Crippen LogP contribution in [-0.2, 0) is 4.79 Å². The van der Waals surface area contributed by atoms with Crippen LogP contribution in [-0.4, -0.2) is 31.3 Å². The van der Waals surface area contributed by atoms with E-state index in [-0.39, 0.29) is 17.2 Å². The van der Waals surface area contributed by atoms with E-state index in [9.17, 15) is 9.59 Å². The Morgan fingerprint density at radius 3 is 2.59 bits per heavy atom. The van der Waals surface area contributed by atoms with E-state index in [2.05, 4.69) is 5.32 Å². The predicted octanol–water partition coefficient (Wildman–Crippen LogP) is 5.12. The molecule has 0 radical (unpaired) electrons. The fraction of sp³-hybridized carbons (Fsp3) is 0.200. The first-order valence-electron chi connectivity index (χ1n) is 10.3. The van der Waals surface area contributed by atoms with Crippen molar-refractivity contribution in [3.05, 3.63) is 83.9 Å². The highest BCUT2D eigenvalue weighted by molar-refractivity contribution is 8.00. The molecule has 4 rings (SSSR count). The van der Waals surface area contributed by atoms with Crippen molar-refractivity contribution in [2.24, 2.45) is 0 Å². The quantitative estimate of drug-likeness (QED) is 0.543. The zero-order chi connectivity index (χ0) is 22.5. The normalized spacial score (nSPS) is 15.5. The van der Waals surface area contributed by atoms with Crippen molar-refractivity contribution in [2.75, 3.05) is 29.7 Å². The molecule has 7 heteroatoms. The monoisotopic (exact) mass is 448 g/mol. The molecule has 164 valence electrons. The summed E-state index contributed by atoms with van der Waals surface area (Å²) in [6, 6.07) is 22.2. The first kappa shape index (κ1) is 21.8. The number of methoxy groups -OCH3 is 1. The Morgan fingerprint density at radius 2 is 1.81 bits per heavy atom. The Bertz CT molecular complexity index is 1130. The lowest BCUT2D eigenvalue weighted by Crippen LogP contribution is -2.28. The van der Waals surface area contributed by atoms with E-state index in [1.807, 2.05) is 61.5 Å². The van der Waals surface area contributed by atoms with E-state index in [1.165, 1.54) is 7.11 Å². The standard InChI is InChI=1S/C25H24N2O4S/c1-3-31-22-14-7-5-12-20(22)27-23(28)16-32-25(27)17-9-8-10-18(15-17)26-24(29)19-11-4-6-13-21(19)30-2/h4-15,25H,3,16H2,1-2H3,(H,26,29). The van der Waals surface area contributed by atoms with E-state index < -0.39 is 0 Å². The molecule has 3 aromatic carbocycles. The molecule has 0 saturated carbocycles. The third-order valence-electron chi connectivity index (χ3n) is 5.07. The van der Waals surface area contributed by atoms with Gasteiger partial charge in [0, 0.05) is 5.69 Å². The number of anilines is 2. The second-order valence-electron chi connectivity index (χ2n) is 7.11. The molecule has 0 spiro atoms. The minimum Gasteiger partial charge on any atom is -0.496 e. The molecule has 32 heavy (non-hydrogen) atoms. The fourth-order valence-corrected chi connectivity index (χ4v) is 4.82. The van der Waals surface area contributed by atoms with Gasteiger partial charge in [0.25, 0.3) is 5.91 Å². The molecule has 1 saturated heterocycles. The lowest BCUT2D eigenvalue weighted by molar-refractivity contribution is -0.115. The second kappa shape index (κ2) is 9.78. The van der Waals surface area contributed by atoms with Crippen LogP contribution >= 0.6 is 11.8 Å². The molecule has 1 atom stereocenters. The van der Waals surface area contributed by atoms with Crippen molar-refractivity contribution in [1.29, 1.82) is 0 Å². The van der Waals surface area contributed by atoms with Crippen LogP contribution in [0.1, 0.15) is 28.2 Å². The molecule has 1 fully saturated rings. The van der Waals surface area contributed by atoms with Crippen molar-refractivity contribution in [3.63, 3.8) is 0 Å². The van der Waals surface area contributed by atoms with Crippen molar-refractivity contribution in [1.82, 2.24) is 0 Å². The zero-order valence-electron chi connectivity index (χ0n) is 17.9. The van der Waals surface area contributed by atoms with Gasteiger partial charge in [-0.25, -0.2) is 0 Å². The number of rotatable bonds is 7. The number of hydrogen-bond donors (Lipinski definition) is 1. The molecular formula is C25H24N2O4S. The smallest absolute Gasteiger partial charge is 0.259 e. The number of amides is 2. The van der Waals surface area contributed by atoms with Gasteiger partial charge in [-0.05, 0) is 48.9 Å². The predicted molar refractivity (Wildman–Crippen MR) is 128 cm³/mol. The second-order valence-corrected chi connectivity index (χ2v) is 8.18. The minimum absolute atomic E-state index is 0.0237. The summed E-state index contributed by atoms with van der Waals surface area (Å²) in [5, 5.41) is 2.72. The van der Waals surface area contributed by atoms with Crippen LogP contribution in [0.5, 0.6) is 11.5 Å². The van der Waals surface area contributed by atoms with Gasteiger partial charge in [-0.2, -0.15) is 0 Å². The highest BCUT2D eigenvalue weighted by Gasteiger charge is 2.35. The molecule has 0 aromatic heterocycles. The Hall–Kier alpha value is -3.45. The van der Waals surface area contributed by atoms with Crippen LogP contribution < -0.4 is 19.7 Å². The maximum Gasteiger partial charge on any atom is 0.259 e. The van der Waals surface area contributed by atoms with E-state index in [0.29, 0.717) is 35.1 Å². The molecule has 6 nitrogen and oxygen atoms in total. The highest BCUT2D eigenvalue weighted by atomic mass is 32.2. The van der Waals surface area contributed by atoms with Crippen LogP contribution in [0.25, 0.3) is 0 Å². The van der Waals surface area contributed by atoms with Gasteiger partial charge in [-0.3, -0.25) is 14.5 Å². The number of carbonyl (C=O) groups is 2. The SMILES string of the molecule is CCOc1ccccc1N1C(=O)CSC1c1cccc(NC(=O)c2ccccc2OC)c1. The molecule has 1 aliphatic rings. The maximum absolute atomic E-state index is 12.8. The molecule has 1 heterocycles. The summed E-state index contributed by atoms with van der Waals surface area (Å²) in [5.74, 6) is 1.33. The number of ether oxygens (including phenoxy) is 2. The molecule has 1 aliphatic heterocycles. The Balaban J connectivity index is 1.61. The summed E-state index contributed by atoms with van der Waals surface area (Å²) < 4.78 is 11.1. The lowest BCUT2D eigenvalue weighted by atomic mass is 10.1. The Labute approximate surface area is 191 Å². The summed E-state index contributed by atoms with van der Waals surface area (Å²) >= 11 is 1.55. The largest absolute Gasteiger partial charge is 0.496 e. The van der Waals surface area contributed by atoms with Crippen LogP contribution in [0.2, 0.25) is 0 Å². The molecular weight excluding hydrogens is 424 g/mol. The van der Waals surface area contributed by atoms with E-state index in [1.54, 1.807) is 34.9 Å². The van der Waals surface area contributed by atoms with Gasteiger partial charge in [0.2, 0.25) is 5.91 Å². The van der Waals surface area contributed by atoms with E-state index >= 15 is 0 Å². The zero-order valence-corrected chi connectivity index (χ0v) is 18.7. The van der Waals surface area contributed by atoms with E-state index in [0.717, 1.165) is 11.3 Å². The molecule has 2 amide bonds. The fourth-order valence-electron chi connectivity index (χ4n) is 3.67. The third-order valence-corrected chi connectivity index (χ3v) is 6.29. The van der Waals surface area contributed by atoms with Gasteiger partial charge in [0.15, 0.2) is 0 Å². The van der Waals surface area contributed by atoms with Crippen molar-refractivity contribution in [2.45, 2.75) is 12.3 Å². The number of nitrogens with zero attached hydrogens (tertiary/aromatic N) is 1. The maximum atomic E-state index is 12.8. The number of benzene rings is 3. The van der Waals surface area contributed by atoms with Crippen LogP contribution in [0.4, 0.5) is 11.4 Å².